The molecule has 1 aliphatic rings. The fourth-order valence-electron chi connectivity index (χ4n) is 3.83. The van der Waals surface area contributed by atoms with Crippen LogP contribution in [0.25, 0.3) is 0 Å². The summed E-state index contributed by atoms with van der Waals surface area (Å²) in [5.41, 5.74) is 3.45. The topological polar surface area (TPSA) is 29.5 Å². The molecule has 1 atom stereocenters. The number of ether oxygens (including phenoxy) is 1. The lowest BCUT2D eigenvalue weighted by atomic mass is 9.88. The molecule has 1 unspecified atom stereocenters. The third kappa shape index (κ3) is 4.58. The molecule has 0 aliphatic carbocycles. The third-order valence-electron chi connectivity index (χ3n) is 5.15. The van der Waals surface area contributed by atoms with Crippen molar-refractivity contribution in [1.82, 2.24) is 4.90 Å². The van der Waals surface area contributed by atoms with Crippen molar-refractivity contribution in [3.63, 3.8) is 0 Å². The first-order chi connectivity index (χ1) is 14.1. The van der Waals surface area contributed by atoms with E-state index in [1.165, 1.54) is 5.56 Å². The van der Waals surface area contributed by atoms with Crippen molar-refractivity contribution in [3.05, 3.63) is 99.5 Å². The summed E-state index contributed by atoms with van der Waals surface area (Å²) < 4.78 is 5.72. The zero-order chi connectivity index (χ0) is 20.2. The van der Waals surface area contributed by atoms with Crippen molar-refractivity contribution < 1.29 is 9.53 Å². The molecule has 0 bridgehead atoms. The van der Waals surface area contributed by atoms with Crippen molar-refractivity contribution in [2.75, 3.05) is 13.2 Å². The van der Waals surface area contributed by atoms with Gasteiger partial charge in [0.2, 0.25) is 5.91 Å². The van der Waals surface area contributed by atoms with Gasteiger partial charge in [0, 0.05) is 16.6 Å². The standard InChI is InChI=1S/C24H21Cl2NO2/c25-19-7-3-6-18(15-19)24-22-10-2-1-5-17(22)11-13-27(24)23(28)12-14-29-21-9-4-8-20(26)16-21/h1-10,15-16,24H,11-14H2. The Kier molecular flexibility index (Phi) is 6.08. The first-order valence-electron chi connectivity index (χ1n) is 9.63. The summed E-state index contributed by atoms with van der Waals surface area (Å²) in [7, 11) is 0. The second kappa shape index (κ2) is 8.89. The van der Waals surface area contributed by atoms with E-state index in [2.05, 4.69) is 12.1 Å². The fraction of sp³-hybridized carbons (Fsp3) is 0.208. The molecule has 3 aromatic rings. The van der Waals surface area contributed by atoms with Crippen molar-refractivity contribution in [1.29, 1.82) is 0 Å². The summed E-state index contributed by atoms with van der Waals surface area (Å²) >= 11 is 12.2. The van der Waals surface area contributed by atoms with E-state index in [4.69, 9.17) is 27.9 Å². The van der Waals surface area contributed by atoms with Crippen LogP contribution in [0.4, 0.5) is 0 Å². The largest absolute Gasteiger partial charge is 0.493 e. The van der Waals surface area contributed by atoms with Crippen LogP contribution in [0, 0.1) is 0 Å². The van der Waals surface area contributed by atoms with Gasteiger partial charge in [-0.2, -0.15) is 0 Å². The Bertz CT molecular complexity index is 1020. The minimum atomic E-state index is -0.141. The van der Waals surface area contributed by atoms with Crippen LogP contribution in [0.1, 0.15) is 29.2 Å². The highest BCUT2D eigenvalue weighted by atomic mass is 35.5. The van der Waals surface area contributed by atoms with E-state index >= 15 is 0 Å². The van der Waals surface area contributed by atoms with Crippen LogP contribution in [-0.4, -0.2) is 24.0 Å². The predicted octanol–water partition coefficient (Wildman–Crippen LogP) is 5.94. The van der Waals surface area contributed by atoms with E-state index in [9.17, 15) is 4.79 Å². The molecule has 0 aromatic heterocycles. The van der Waals surface area contributed by atoms with E-state index in [1.54, 1.807) is 12.1 Å². The maximum atomic E-state index is 13.1. The molecule has 1 aliphatic heterocycles. The summed E-state index contributed by atoms with van der Waals surface area (Å²) in [6.45, 7) is 0.976. The van der Waals surface area contributed by atoms with Crippen molar-refractivity contribution in [2.45, 2.75) is 18.9 Å². The average molecular weight is 426 g/mol. The van der Waals surface area contributed by atoms with Gasteiger partial charge in [-0.3, -0.25) is 4.79 Å². The van der Waals surface area contributed by atoms with Crippen molar-refractivity contribution >= 4 is 29.1 Å². The van der Waals surface area contributed by atoms with Gasteiger partial charge < -0.3 is 9.64 Å². The molecule has 5 heteroatoms. The minimum Gasteiger partial charge on any atom is -0.493 e. The van der Waals surface area contributed by atoms with Gasteiger partial charge in [0.05, 0.1) is 19.1 Å². The van der Waals surface area contributed by atoms with Gasteiger partial charge in [0.15, 0.2) is 0 Å². The maximum absolute atomic E-state index is 13.1. The van der Waals surface area contributed by atoms with Gasteiger partial charge in [-0.25, -0.2) is 0 Å². The summed E-state index contributed by atoms with van der Waals surface area (Å²) in [6, 6.07) is 23.1. The molecule has 3 aromatic carbocycles. The molecule has 1 amide bonds. The number of fused-ring (bicyclic) bond motifs is 1. The molecular formula is C24H21Cl2NO2. The van der Waals surface area contributed by atoms with Crippen LogP contribution in [0.15, 0.2) is 72.8 Å². The van der Waals surface area contributed by atoms with Crippen LogP contribution in [0.3, 0.4) is 0 Å². The maximum Gasteiger partial charge on any atom is 0.226 e. The highest BCUT2D eigenvalue weighted by Crippen LogP contribution is 2.36. The molecule has 0 radical (unpaired) electrons. The number of hydrogen-bond donors (Lipinski definition) is 0. The normalized spacial score (nSPS) is 15.7. The second-order valence-electron chi connectivity index (χ2n) is 7.05. The molecule has 0 spiro atoms. The number of nitrogens with zero attached hydrogens (tertiary/aromatic N) is 1. The lowest BCUT2D eigenvalue weighted by molar-refractivity contribution is -0.133. The van der Waals surface area contributed by atoms with Crippen molar-refractivity contribution in [2.24, 2.45) is 0 Å². The number of halogens is 2. The molecule has 0 saturated carbocycles. The van der Waals surface area contributed by atoms with Gasteiger partial charge in [-0.15, -0.1) is 0 Å². The molecule has 0 saturated heterocycles. The van der Waals surface area contributed by atoms with Gasteiger partial charge >= 0.3 is 0 Å². The molecule has 3 nitrogen and oxygen atoms in total. The summed E-state index contributed by atoms with van der Waals surface area (Å²) in [4.78, 5) is 15.1. The smallest absolute Gasteiger partial charge is 0.226 e. The number of amides is 1. The number of carbonyl (C=O) groups is 1. The number of carbonyl (C=O) groups excluding carboxylic acids is 1. The second-order valence-corrected chi connectivity index (χ2v) is 7.92. The molecule has 4 rings (SSSR count). The van der Waals surface area contributed by atoms with Crippen molar-refractivity contribution in [3.8, 4) is 5.75 Å². The van der Waals surface area contributed by atoms with Crippen LogP contribution in [0.5, 0.6) is 5.75 Å². The van der Waals surface area contributed by atoms with E-state index < -0.39 is 0 Å². The lowest BCUT2D eigenvalue weighted by Crippen LogP contribution is -2.41. The summed E-state index contributed by atoms with van der Waals surface area (Å²) in [6.07, 6.45) is 1.14. The minimum absolute atomic E-state index is 0.0616. The lowest BCUT2D eigenvalue weighted by Gasteiger charge is -2.38. The number of hydrogen-bond acceptors (Lipinski definition) is 2. The molecule has 29 heavy (non-hydrogen) atoms. The van der Waals surface area contributed by atoms with E-state index in [-0.39, 0.29) is 11.9 Å². The van der Waals surface area contributed by atoms with Gasteiger partial charge in [0.1, 0.15) is 5.75 Å². The number of rotatable bonds is 5. The highest BCUT2D eigenvalue weighted by Gasteiger charge is 2.31. The Balaban J connectivity index is 1.54. The Labute approximate surface area is 180 Å². The van der Waals surface area contributed by atoms with E-state index in [0.717, 1.165) is 17.5 Å². The Hall–Kier alpha value is -2.49. The number of benzene rings is 3. The van der Waals surface area contributed by atoms with Crippen LogP contribution in [-0.2, 0) is 11.2 Å². The first kappa shape index (κ1) is 19.8. The monoisotopic (exact) mass is 425 g/mol. The summed E-state index contributed by atoms with van der Waals surface area (Å²) in [5.74, 6) is 0.729. The van der Waals surface area contributed by atoms with Gasteiger partial charge in [0.25, 0.3) is 0 Å². The molecular weight excluding hydrogens is 405 g/mol. The van der Waals surface area contributed by atoms with Gasteiger partial charge in [-0.1, -0.05) is 65.7 Å². The molecule has 148 valence electrons. The fourth-order valence-corrected chi connectivity index (χ4v) is 4.21. The van der Waals surface area contributed by atoms with E-state index in [0.29, 0.717) is 35.4 Å². The van der Waals surface area contributed by atoms with Crippen LogP contribution in [0.2, 0.25) is 10.0 Å². The Morgan fingerprint density at radius 3 is 2.52 bits per heavy atom. The predicted molar refractivity (Wildman–Crippen MR) is 117 cm³/mol. The zero-order valence-electron chi connectivity index (χ0n) is 15.9. The average Bonchev–Trinajstić information content (AvgIpc) is 2.73. The molecule has 0 fully saturated rings. The highest BCUT2D eigenvalue weighted by molar-refractivity contribution is 6.30. The molecule has 1 heterocycles. The first-order valence-corrected chi connectivity index (χ1v) is 10.4. The Morgan fingerprint density at radius 1 is 0.966 bits per heavy atom. The van der Waals surface area contributed by atoms with Crippen LogP contribution < -0.4 is 4.74 Å². The van der Waals surface area contributed by atoms with E-state index in [1.807, 2.05) is 53.4 Å². The zero-order valence-corrected chi connectivity index (χ0v) is 17.4. The van der Waals surface area contributed by atoms with Crippen LogP contribution >= 0.6 is 23.2 Å². The Morgan fingerprint density at radius 2 is 1.72 bits per heavy atom. The van der Waals surface area contributed by atoms with Gasteiger partial charge in [-0.05, 0) is 53.4 Å². The third-order valence-corrected chi connectivity index (χ3v) is 5.62. The molecule has 0 N–H and O–H groups in total. The SMILES string of the molecule is O=C(CCOc1cccc(Cl)c1)N1CCc2ccccc2C1c1cccc(Cl)c1. The summed E-state index contributed by atoms with van der Waals surface area (Å²) in [5, 5.41) is 1.28. The quantitative estimate of drug-likeness (QED) is 0.506.